The largest absolute Gasteiger partial charge is 0.368 e. The highest BCUT2D eigenvalue weighted by atomic mass is 16.2. The molecule has 1 fully saturated rings. The number of carbonyl (C=O) groups excluding carboxylic acids is 2. The van der Waals surface area contributed by atoms with Crippen molar-refractivity contribution in [3.63, 3.8) is 0 Å². The third-order valence-corrected chi connectivity index (χ3v) is 2.78. The van der Waals surface area contributed by atoms with Crippen molar-refractivity contribution in [1.82, 2.24) is 5.32 Å². The zero-order valence-corrected chi connectivity index (χ0v) is 8.09. The number of nitrogens with two attached hydrogens (primary N) is 1. The quantitative estimate of drug-likeness (QED) is 0.656. The van der Waals surface area contributed by atoms with Gasteiger partial charge in [0.05, 0.1) is 0 Å². The Morgan fingerprint density at radius 2 is 2.00 bits per heavy atom. The molecule has 0 saturated heterocycles. The molecule has 0 aliphatic heterocycles. The van der Waals surface area contributed by atoms with Crippen LogP contribution in [-0.4, -0.2) is 17.9 Å². The molecule has 0 heterocycles. The van der Waals surface area contributed by atoms with E-state index in [-0.39, 0.29) is 11.3 Å². The van der Waals surface area contributed by atoms with Crippen LogP contribution in [0, 0.1) is 5.41 Å². The number of carbonyl (C=O) groups is 2. The Kier molecular flexibility index (Phi) is 2.59. The van der Waals surface area contributed by atoms with Gasteiger partial charge in [-0.3, -0.25) is 9.59 Å². The van der Waals surface area contributed by atoms with Gasteiger partial charge in [-0.25, -0.2) is 0 Å². The van der Waals surface area contributed by atoms with Crippen LogP contribution in [0.15, 0.2) is 0 Å². The van der Waals surface area contributed by atoms with Crippen LogP contribution in [0.1, 0.15) is 33.1 Å². The molecule has 0 bridgehead atoms. The molecule has 4 nitrogen and oxygen atoms in total. The van der Waals surface area contributed by atoms with Crippen LogP contribution in [0.5, 0.6) is 0 Å². The fourth-order valence-corrected chi connectivity index (χ4v) is 1.38. The molecule has 74 valence electrons. The zero-order valence-electron chi connectivity index (χ0n) is 8.09. The van der Waals surface area contributed by atoms with Gasteiger partial charge in [-0.2, -0.15) is 0 Å². The lowest BCUT2D eigenvalue weighted by Crippen LogP contribution is -2.50. The minimum atomic E-state index is -0.565. The highest BCUT2D eigenvalue weighted by Crippen LogP contribution is 2.40. The maximum atomic E-state index is 11.5. The number of amides is 2. The van der Waals surface area contributed by atoms with Crippen LogP contribution in [-0.2, 0) is 9.59 Å². The normalized spacial score (nSPS) is 21.4. The van der Waals surface area contributed by atoms with E-state index in [0.29, 0.717) is 0 Å². The zero-order chi connectivity index (χ0) is 10.1. The molecular formula is C9H16N2O2. The molecule has 1 atom stereocenters. The molecular weight excluding hydrogens is 168 g/mol. The SMILES string of the molecule is C[C@H](NC(=O)C1(C)CCC1)C(N)=O. The van der Waals surface area contributed by atoms with E-state index in [0.717, 1.165) is 19.3 Å². The molecule has 0 aromatic heterocycles. The summed E-state index contributed by atoms with van der Waals surface area (Å²) in [7, 11) is 0. The van der Waals surface area contributed by atoms with Crippen LogP contribution < -0.4 is 11.1 Å². The highest BCUT2D eigenvalue weighted by molar-refractivity contribution is 5.89. The van der Waals surface area contributed by atoms with Crippen LogP contribution in [0.3, 0.4) is 0 Å². The predicted molar refractivity (Wildman–Crippen MR) is 48.8 cm³/mol. The maximum absolute atomic E-state index is 11.5. The van der Waals surface area contributed by atoms with Gasteiger partial charge >= 0.3 is 0 Å². The van der Waals surface area contributed by atoms with Gasteiger partial charge in [-0.05, 0) is 19.8 Å². The average molecular weight is 184 g/mol. The van der Waals surface area contributed by atoms with Gasteiger partial charge in [0.15, 0.2) is 0 Å². The summed E-state index contributed by atoms with van der Waals surface area (Å²) in [5.74, 6) is -0.540. The summed E-state index contributed by atoms with van der Waals surface area (Å²) in [6.07, 6.45) is 2.91. The third-order valence-electron chi connectivity index (χ3n) is 2.78. The van der Waals surface area contributed by atoms with Crippen molar-refractivity contribution >= 4 is 11.8 Å². The summed E-state index contributed by atoms with van der Waals surface area (Å²) in [4.78, 5) is 22.2. The minimum absolute atomic E-state index is 0.0509. The van der Waals surface area contributed by atoms with Gasteiger partial charge in [0, 0.05) is 5.41 Å². The van der Waals surface area contributed by atoms with Gasteiger partial charge in [-0.1, -0.05) is 13.3 Å². The molecule has 1 aliphatic rings. The Balaban J connectivity index is 2.45. The molecule has 0 spiro atoms. The van der Waals surface area contributed by atoms with Crippen molar-refractivity contribution in [2.24, 2.45) is 11.1 Å². The Hall–Kier alpha value is -1.06. The molecule has 1 aliphatic carbocycles. The number of hydrogen-bond acceptors (Lipinski definition) is 2. The summed E-state index contributed by atoms with van der Waals surface area (Å²) >= 11 is 0. The van der Waals surface area contributed by atoms with E-state index < -0.39 is 11.9 Å². The first-order valence-electron chi connectivity index (χ1n) is 4.56. The van der Waals surface area contributed by atoms with Crippen molar-refractivity contribution < 1.29 is 9.59 Å². The first kappa shape index (κ1) is 10.0. The first-order chi connectivity index (χ1) is 5.96. The second-order valence-electron chi connectivity index (χ2n) is 4.01. The first-order valence-corrected chi connectivity index (χ1v) is 4.56. The van der Waals surface area contributed by atoms with E-state index in [1.165, 1.54) is 0 Å². The van der Waals surface area contributed by atoms with Crippen molar-refractivity contribution in [3.8, 4) is 0 Å². The van der Waals surface area contributed by atoms with Gasteiger partial charge in [0.25, 0.3) is 0 Å². The molecule has 0 aromatic rings. The molecule has 0 aromatic carbocycles. The van der Waals surface area contributed by atoms with Crippen LogP contribution in [0.2, 0.25) is 0 Å². The standard InChI is InChI=1S/C9H16N2O2/c1-6(7(10)12)11-8(13)9(2)4-3-5-9/h6H,3-5H2,1-2H3,(H2,10,12)(H,11,13)/t6-/m0/s1. The minimum Gasteiger partial charge on any atom is -0.368 e. The molecule has 4 heteroatoms. The molecule has 1 saturated carbocycles. The van der Waals surface area contributed by atoms with Crippen LogP contribution >= 0.6 is 0 Å². The summed E-state index contributed by atoms with van der Waals surface area (Å²) in [6.45, 7) is 3.52. The van der Waals surface area contributed by atoms with Gasteiger partial charge in [-0.15, -0.1) is 0 Å². The fourth-order valence-electron chi connectivity index (χ4n) is 1.38. The lowest BCUT2D eigenvalue weighted by Gasteiger charge is -2.37. The Morgan fingerprint density at radius 3 is 2.31 bits per heavy atom. The van der Waals surface area contributed by atoms with E-state index >= 15 is 0 Å². The maximum Gasteiger partial charge on any atom is 0.239 e. The van der Waals surface area contributed by atoms with E-state index in [9.17, 15) is 9.59 Å². The summed E-state index contributed by atoms with van der Waals surface area (Å²) in [5, 5.41) is 2.61. The predicted octanol–water partition coefficient (Wildman–Crippen LogP) is 0.167. The molecule has 0 radical (unpaired) electrons. The second-order valence-corrected chi connectivity index (χ2v) is 4.01. The van der Waals surface area contributed by atoms with Gasteiger partial charge < -0.3 is 11.1 Å². The van der Waals surface area contributed by atoms with Gasteiger partial charge in [0.2, 0.25) is 11.8 Å². The number of rotatable bonds is 3. The fraction of sp³-hybridized carbons (Fsp3) is 0.778. The van der Waals surface area contributed by atoms with E-state index in [1.54, 1.807) is 6.92 Å². The Bertz CT molecular complexity index is 234. The number of primary amides is 1. The number of hydrogen-bond donors (Lipinski definition) is 2. The van der Waals surface area contributed by atoms with Gasteiger partial charge in [0.1, 0.15) is 6.04 Å². The smallest absolute Gasteiger partial charge is 0.239 e. The Labute approximate surface area is 77.9 Å². The van der Waals surface area contributed by atoms with E-state index in [1.807, 2.05) is 6.92 Å². The Morgan fingerprint density at radius 1 is 1.46 bits per heavy atom. The van der Waals surface area contributed by atoms with Crippen LogP contribution in [0.25, 0.3) is 0 Å². The molecule has 0 unspecified atom stereocenters. The number of nitrogens with one attached hydrogen (secondary N) is 1. The highest BCUT2D eigenvalue weighted by Gasteiger charge is 2.39. The molecule has 13 heavy (non-hydrogen) atoms. The van der Waals surface area contributed by atoms with E-state index in [2.05, 4.69) is 5.32 Å². The van der Waals surface area contributed by atoms with Crippen LogP contribution in [0.4, 0.5) is 0 Å². The molecule has 1 rings (SSSR count). The van der Waals surface area contributed by atoms with Crippen molar-refractivity contribution in [1.29, 1.82) is 0 Å². The topological polar surface area (TPSA) is 72.2 Å². The monoisotopic (exact) mass is 184 g/mol. The summed E-state index contributed by atoms with van der Waals surface area (Å²) < 4.78 is 0. The summed E-state index contributed by atoms with van der Waals surface area (Å²) in [5.41, 5.74) is 4.77. The lowest BCUT2D eigenvalue weighted by molar-refractivity contribution is -0.137. The average Bonchev–Trinajstić information content (AvgIpc) is 1.99. The van der Waals surface area contributed by atoms with Crippen molar-refractivity contribution in [3.05, 3.63) is 0 Å². The second kappa shape index (κ2) is 3.36. The van der Waals surface area contributed by atoms with Crippen molar-refractivity contribution in [2.75, 3.05) is 0 Å². The third kappa shape index (κ3) is 1.99. The van der Waals surface area contributed by atoms with E-state index in [4.69, 9.17) is 5.73 Å². The lowest BCUT2D eigenvalue weighted by atomic mass is 9.70. The molecule has 2 amide bonds. The molecule has 3 N–H and O–H groups in total. The summed E-state index contributed by atoms with van der Waals surface area (Å²) in [6, 6.07) is -0.565. The van der Waals surface area contributed by atoms with Crippen molar-refractivity contribution in [2.45, 2.75) is 39.2 Å².